The molecule has 0 bridgehead atoms. The molecule has 1 heterocycles. The second-order valence-electron chi connectivity index (χ2n) is 2.93. The summed E-state index contributed by atoms with van der Waals surface area (Å²) in [5.74, 6) is 0. The number of hydrogen-bond acceptors (Lipinski definition) is 3. The maximum absolute atomic E-state index is 10.7. The van der Waals surface area contributed by atoms with Crippen LogP contribution in [-0.4, -0.2) is 34.6 Å². The average Bonchev–Trinajstić information content (AvgIpc) is 2.53. The minimum Gasteiger partial charge on any atom is -0.378 e. The van der Waals surface area contributed by atoms with Gasteiger partial charge < -0.3 is 9.64 Å². The van der Waals surface area contributed by atoms with E-state index in [1.807, 2.05) is 6.07 Å². The van der Waals surface area contributed by atoms with E-state index in [0.717, 1.165) is 11.4 Å². The first-order valence-corrected chi connectivity index (χ1v) is 4.44. The molecular formula is C8H12ClN3O2. The number of halogens is 1. The predicted molar refractivity (Wildman–Crippen MR) is 52.0 cm³/mol. The number of carbonyl (C=O) groups is 1. The molecule has 1 N–H and O–H groups in total. The number of aromatic nitrogens is 2. The number of hydrogen-bond donors (Lipinski definition) is 1. The van der Waals surface area contributed by atoms with Crippen LogP contribution in [0.3, 0.4) is 0 Å². The van der Waals surface area contributed by atoms with Crippen LogP contribution in [0.5, 0.6) is 0 Å². The van der Waals surface area contributed by atoms with Gasteiger partial charge >= 0.3 is 5.37 Å². The standard InChI is InChI=1S/C8H12ClN3O2/c1-12(8(9)13)4-6-3-7(5-14-2)11-10-6/h3H,4-5H2,1-2H3,(H,10,11). The lowest BCUT2D eigenvalue weighted by Gasteiger charge is -2.10. The fourth-order valence-electron chi connectivity index (χ4n) is 1.03. The van der Waals surface area contributed by atoms with Gasteiger partial charge in [0.25, 0.3) is 0 Å². The van der Waals surface area contributed by atoms with Crippen molar-refractivity contribution in [3.8, 4) is 0 Å². The molecule has 1 rings (SSSR count). The number of H-pyrrole nitrogens is 1. The number of methoxy groups -OCH3 is 1. The topological polar surface area (TPSA) is 58.2 Å². The van der Waals surface area contributed by atoms with Gasteiger partial charge in [0.05, 0.1) is 24.5 Å². The van der Waals surface area contributed by atoms with Crippen molar-refractivity contribution in [2.75, 3.05) is 14.2 Å². The number of aromatic amines is 1. The van der Waals surface area contributed by atoms with Crippen molar-refractivity contribution in [1.29, 1.82) is 0 Å². The maximum Gasteiger partial charge on any atom is 0.316 e. The lowest BCUT2D eigenvalue weighted by Crippen LogP contribution is -2.20. The van der Waals surface area contributed by atoms with E-state index in [2.05, 4.69) is 10.2 Å². The van der Waals surface area contributed by atoms with E-state index < -0.39 is 5.37 Å². The monoisotopic (exact) mass is 217 g/mol. The van der Waals surface area contributed by atoms with E-state index in [0.29, 0.717) is 13.2 Å². The molecule has 1 amide bonds. The number of carbonyl (C=O) groups excluding carboxylic acids is 1. The highest BCUT2D eigenvalue weighted by Gasteiger charge is 2.07. The van der Waals surface area contributed by atoms with Crippen LogP contribution in [0, 0.1) is 0 Å². The summed E-state index contributed by atoms with van der Waals surface area (Å²) < 4.78 is 4.90. The minimum atomic E-state index is -0.493. The van der Waals surface area contributed by atoms with Crippen molar-refractivity contribution >= 4 is 17.0 Å². The van der Waals surface area contributed by atoms with Gasteiger partial charge in [0, 0.05) is 14.2 Å². The molecule has 14 heavy (non-hydrogen) atoms. The number of rotatable bonds is 4. The molecule has 0 unspecified atom stereocenters. The Morgan fingerprint density at radius 3 is 3.07 bits per heavy atom. The van der Waals surface area contributed by atoms with Crippen LogP contribution < -0.4 is 0 Å². The largest absolute Gasteiger partial charge is 0.378 e. The van der Waals surface area contributed by atoms with E-state index in [9.17, 15) is 4.79 Å². The third-order valence-corrected chi connectivity index (χ3v) is 1.97. The molecule has 0 aromatic carbocycles. The molecule has 1 aromatic rings. The maximum atomic E-state index is 10.7. The fourth-order valence-corrected chi connectivity index (χ4v) is 1.09. The van der Waals surface area contributed by atoms with Crippen LogP contribution in [0.25, 0.3) is 0 Å². The Morgan fingerprint density at radius 1 is 1.79 bits per heavy atom. The Kier molecular flexibility index (Phi) is 3.91. The van der Waals surface area contributed by atoms with Crippen molar-refractivity contribution in [3.05, 3.63) is 17.5 Å². The van der Waals surface area contributed by atoms with Gasteiger partial charge in [-0.2, -0.15) is 5.10 Å². The Hall–Kier alpha value is -1.07. The zero-order valence-corrected chi connectivity index (χ0v) is 8.84. The first-order valence-electron chi connectivity index (χ1n) is 4.06. The van der Waals surface area contributed by atoms with Crippen LogP contribution in [-0.2, 0) is 17.9 Å². The summed E-state index contributed by atoms with van der Waals surface area (Å²) in [6.07, 6.45) is 0. The van der Waals surface area contributed by atoms with Gasteiger partial charge in [-0.15, -0.1) is 0 Å². The molecule has 0 fully saturated rings. The summed E-state index contributed by atoms with van der Waals surface area (Å²) in [6.45, 7) is 0.869. The van der Waals surface area contributed by atoms with Crippen LogP contribution >= 0.6 is 11.6 Å². The fraction of sp³-hybridized carbons (Fsp3) is 0.500. The molecule has 5 nitrogen and oxygen atoms in total. The molecular weight excluding hydrogens is 206 g/mol. The molecule has 0 aliphatic rings. The SMILES string of the molecule is COCc1cc(CN(C)C(=O)Cl)[nH]n1. The van der Waals surface area contributed by atoms with Crippen molar-refractivity contribution in [2.24, 2.45) is 0 Å². The molecule has 0 radical (unpaired) electrons. The van der Waals surface area contributed by atoms with E-state index in [1.54, 1.807) is 14.2 Å². The average molecular weight is 218 g/mol. The quantitative estimate of drug-likeness (QED) is 0.612. The van der Waals surface area contributed by atoms with Crippen LogP contribution in [0.1, 0.15) is 11.4 Å². The summed E-state index contributed by atoms with van der Waals surface area (Å²) in [6, 6.07) is 1.83. The molecule has 0 atom stereocenters. The van der Waals surface area contributed by atoms with Crippen LogP contribution in [0.4, 0.5) is 4.79 Å². The Bertz CT molecular complexity index is 313. The second kappa shape index (κ2) is 4.97. The molecule has 78 valence electrons. The summed E-state index contributed by atoms with van der Waals surface area (Å²) in [5, 5.41) is 6.29. The molecule has 0 aliphatic carbocycles. The third kappa shape index (κ3) is 3.01. The first kappa shape index (κ1) is 11.0. The van der Waals surface area contributed by atoms with Gasteiger partial charge in [0.1, 0.15) is 0 Å². The van der Waals surface area contributed by atoms with Crippen LogP contribution in [0.2, 0.25) is 0 Å². The molecule has 0 spiro atoms. The predicted octanol–water partition coefficient (Wildman–Crippen LogP) is 1.35. The number of nitrogens with one attached hydrogen (secondary N) is 1. The Labute approximate surface area is 87.0 Å². The van der Waals surface area contributed by atoms with Crippen molar-refractivity contribution < 1.29 is 9.53 Å². The zero-order chi connectivity index (χ0) is 10.6. The third-order valence-electron chi connectivity index (χ3n) is 1.68. The van der Waals surface area contributed by atoms with E-state index in [4.69, 9.17) is 16.3 Å². The summed E-state index contributed by atoms with van der Waals surface area (Å²) in [4.78, 5) is 12.1. The van der Waals surface area contributed by atoms with Gasteiger partial charge in [-0.25, -0.2) is 0 Å². The first-order chi connectivity index (χ1) is 6.63. The van der Waals surface area contributed by atoms with E-state index >= 15 is 0 Å². The zero-order valence-electron chi connectivity index (χ0n) is 8.08. The van der Waals surface area contributed by atoms with Crippen molar-refractivity contribution in [3.63, 3.8) is 0 Å². The number of ether oxygens (including phenoxy) is 1. The normalized spacial score (nSPS) is 10.2. The van der Waals surface area contributed by atoms with Gasteiger partial charge in [0.15, 0.2) is 0 Å². The summed E-state index contributed by atoms with van der Waals surface area (Å²) in [7, 11) is 3.22. The van der Waals surface area contributed by atoms with Crippen molar-refractivity contribution in [2.45, 2.75) is 13.2 Å². The molecule has 6 heteroatoms. The Morgan fingerprint density at radius 2 is 2.50 bits per heavy atom. The van der Waals surface area contributed by atoms with Gasteiger partial charge in [-0.3, -0.25) is 9.89 Å². The number of nitrogens with zero attached hydrogens (tertiary/aromatic N) is 2. The highest BCUT2D eigenvalue weighted by Crippen LogP contribution is 2.05. The molecule has 0 saturated carbocycles. The van der Waals surface area contributed by atoms with Gasteiger partial charge in [-0.05, 0) is 17.7 Å². The summed E-state index contributed by atoms with van der Waals surface area (Å²) >= 11 is 5.27. The second-order valence-corrected chi connectivity index (χ2v) is 3.25. The Balaban J connectivity index is 2.55. The minimum absolute atomic E-state index is 0.416. The van der Waals surface area contributed by atoms with E-state index in [-0.39, 0.29) is 0 Å². The lowest BCUT2D eigenvalue weighted by molar-refractivity contribution is 0.181. The smallest absolute Gasteiger partial charge is 0.316 e. The number of amides is 1. The lowest BCUT2D eigenvalue weighted by atomic mass is 10.3. The molecule has 1 aromatic heterocycles. The highest BCUT2D eigenvalue weighted by molar-refractivity contribution is 6.62. The van der Waals surface area contributed by atoms with Crippen molar-refractivity contribution in [1.82, 2.24) is 15.1 Å². The van der Waals surface area contributed by atoms with Gasteiger partial charge in [-0.1, -0.05) is 0 Å². The van der Waals surface area contributed by atoms with Gasteiger partial charge in [0.2, 0.25) is 0 Å². The highest BCUT2D eigenvalue weighted by atomic mass is 35.5. The molecule has 0 saturated heterocycles. The van der Waals surface area contributed by atoms with Crippen LogP contribution in [0.15, 0.2) is 6.07 Å². The summed E-state index contributed by atoms with van der Waals surface area (Å²) in [5.41, 5.74) is 1.63. The molecule has 0 aliphatic heterocycles. The van der Waals surface area contributed by atoms with E-state index in [1.165, 1.54) is 4.90 Å².